The molecule has 1 atom stereocenters. The van der Waals surface area contributed by atoms with E-state index in [1.807, 2.05) is 37.3 Å². The molecule has 3 rings (SSSR count). The lowest BCUT2D eigenvalue weighted by atomic mass is 10.0. The number of allylic oxidation sites excluding steroid dienone is 1. The van der Waals surface area contributed by atoms with Gasteiger partial charge in [-0.1, -0.05) is 30.3 Å². The van der Waals surface area contributed by atoms with E-state index in [9.17, 15) is 13.2 Å². The first-order chi connectivity index (χ1) is 14.7. The maximum Gasteiger partial charge on any atom is 0.269 e. The summed E-state index contributed by atoms with van der Waals surface area (Å²) in [5.74, 6) is 0.271. The van der Waals surface area contributed by atoms with Crippen molar-refractivity contribution in [3.05, 3.63) is 58.5 Å². The number of rotatable bonds is 7. The Bertz CT molecular complexity index is 1110. The number of fused-ring (bicyclic) bond motifs is 1. The number of aryl methyl sites for hydroxylation is 1. The molecule has 0 saturated carbocycles. The molecule has 7 nitrogen and oxygen atoms in total. The van der Waals surface area contributed by atoms with Crippen molar-refractivity contribution in [2.24, 2.45) is 0 Å². The second kappa shape index (κ2) is 9.01. The zero-order valence-corrected chi connectivity index (χ0v) is 19.2. The van der Waals surface area contributed by atoms with Crippen LogP contribution in [0.4, 0.5) is 5.69 Å². The molecule has 8 heteroatoms. The van der Waals surface area contributed by atoms with E-state index in [1.165, 1.54) is 26.8 Å². The van der Waals surface area contributed by atoms with Crippen LogP contribution < -0.4 is 19.1 Å². The van der Waals surface area contributed by atoms with E-state index < -0.39 is 15.9 Å². The lowest BCUT2D eigenvalue weighted by Gasteiger charge is -2.30. The van der Waals surface area contributed by atoms with Crippen molar-refractivity contribution in [2.75, 3.05) is 25.6 Å². The van der Waals surface area contributed by atoms with Gasteiger partial charge in [0.05, 0.1) is 19.9 Å². The van der Waals surface area contributed by atoms with E-state index in [0.29, 0.717) is 34.7 Å². The van der Waals surface area contributed by atoms with Crippen LogP contribution in [-0.4, -0.2) is 41.6 Å². The van der Waals surface area contributed by atoms with Crippen molar-refractivity contribution in [1.29, 1.82) is 0 Å². The highest BCUT2D eigenvalue weighted by Crippen LogP contribution is 2.44. The SMILES string of the molecule is COc1cc2c(cc1OC)N(C)S(=O)(=O)C(C(=O)NC(C)CCc1ccccc1)=C2C. The van der Waals surface area contributed by atoms with Crippen LogP contribution in [0.2, 0.25) is 0 Å². The smallest absolute Gasteiger partial charge is 0.269 e. The topological polar surface area (TPSA) is 84.9 Å². The third-order valence-corrected chi connectivity index (χ3v) is 7.42. The van der Waals surface area contributed by atoms with Crippen molar-refractivity contribution in [2.45, 2.75) is 32.7 Å². The van der Waals surface area contributed by atoms with E-state index in [2.05, 4.69) is 5.32 Å². The van der Waals surface area contributed by atoms with E-state index in [0.717, 1.165) is 10.7 Å². The van der Waals surface area contributed by atoms with Gasteiger partial charge in [-0.05, 0) is 43.9 Å². The van der Waals surface area contributed by atoms with Crippen LogP contribution in [0.5, 0.6) is 11.5 Å². The number of amides is 1. The number of hydrogen-bond donors (Lipinski definition) is 1. The largest absolute Gasteiger partial charge is 0.493 e. The number of anilines is 1. The molecule has 1 N–H and O–H groups in total. The molecule has 0 fully saturated rings. The number of benzene rings is 2. The van der Waals surface area contributed by atoms with Crippen LogP contribution in [-0.2, 0) is 21.2 Å². The maximum absolute atomic E-state index is 13.2. The van der Waals surface area contributed by atoms with Gasteiger partial charge in [-0.25, -0.2) is 8.42 Å². The Morgan fingerprint density at radius 3 is 2.32 bits per heavy atom. The third kappa shape index (κ3) is 4.39. The number of nitrogens with zero attached hydrogens (tertiary/aromatic N) is 1. The standard InChI is InChI=1S/C23H28N2O5S/c1-15(11-12-17-9-7-6-8-10-17)24-23(26)22-16(2)18-13-20(29-4)21(30-5)14-19(18)25(3)31(22,27)28/h6-10,13-15H,11-12H2,1-5H3,(H,24,26). The van der Waals surface area contributed by atoms with E-state index in [-0.39, 0.29) is 10.9 Å². The normalized spacial score (nSPS) is 15.8. The first kappa shape index (κ1) is 22.7. The van der Waals surface area contributed by atoms with Crippen molar-refractivity contribution < 1.29 is 22.7 Å². The fraction of sp³-hybridized carbons (Fsp3) is 0.348. The van der Waals surface area contributed by atoms with E-state index >= 15 is 0 Å². The molecule has 1 aliphatic rings. The second-order valence-electron chi connectivity index (χ2n) is 7.55. The Morgan fingerprint density at radius 2 is 1.71 bits per heavy atom. The molecule has 0 bridgehead atoms. The quantitative estimate of drug-likeness (QED) is 0.708. The number of carbonyl (C=O) groups excluding carboxylic acids is 1. The fourth-order valence-corrected chi connectivity index (χ4v) is 5.16. The van der Waals surface area contributed by atoms with Crippen LogP contribution >= 0.6 is 0 Å². The summed E-state index contributed by atoms with van der Waals surface area (Å²) in [7, 11) is 0.407. The molecule has 0 saturated heterocycles. The number of sulfonamides is 1. The molecule has 1 unspecified atom stereocenters. The van der Waals surface area contributed by atoms with Gasteiger partial charge in [-0.15, -0.1) is 0 Å². The van der Waals surface area contributed by atoms with Crippen molar-refractivity contribution in [1.82, 2.24) is 5.32 Å². The van der Waals surface area contributed by atoms with Crippen LogP contribution in [0, 0.1) is 0 Å². The van der Waals surface area contributed by atoms with Crippen LogP contribution in [0.1, 0.15) is 31.4 Å². The van der Waals surface area contributed by atoms with Gasteiger partial charge in [0.2, 0.25) is 0 Å². The highest BCUT2D eigenvalue weighted by atomic mass is 32.2. The van der Waals surface area contributed by atoms with Gasteiger partial charge >= 0.3 is 0 Å². The van der Waals surface area contributed by atoms with Gasteiger partial charge in [-0.3, -0.25) is 9.10 Å². The first-order valence-electron chi connectivity index (χ1n) is 10.0. The Labute approximate surface area is 183 Å². The zero-order chi connectivity index (χ0) is 22.8. The molecule has 0 radical (unpaired) electrons. The molecule has 31 heavy (non-hydrogen) atoms. The van der Waals surface area contributed by atoms with Gasteiger partial charge in [-0.2, -0.15) is 0 Å². The molecule has 2 aromatic carbocycles. The number of nitrogens with one attached hydrogen (secondary N) is 1. The molecule has 1 heterocycles. The van der Waals surface area contributed by atoms with Crippen molar-refractivity contribution >= 4 is 27.2 Å². The molecular formula is C23H28N2O5S. The number of ether oxygens (including phenoxy) is 2. The lowest BCUT2D eigenvalue weighted by molar-refractivity contribution is -0.117. The van der Waals surface area contributed by atoms with Gasteiger partial charge in [0.15, 0.2) is 16.4 Å². The summed E-state index contributed by atoms with van der Waals surface area (Å²) in [5.41, 5.74) is 2.58. The number of hydrogen-bond acceptors (Lipinski definition) is 5. The van der Waals surface area contributed by atoms with Crippen LogP contribution in [0.25, 0.3) is 5.57 Å². The minimum atomic E-state index is -4.02. The Balaban J connectivity index is 1.90. The fourth-order valence-electron chi connectivity index (χ4n) is 3.69. The molecule has 0 spiro atoms. The third-order valence-electron chi connectivity index (χ3n) is 5.50. The summed E-state index contributed by atoms with van der Waals surface area (Å²) in [6, 6.07) is 13.1. The summed E-state index contributed by atoms with van der Waals surface area (Å²) in [5, 5.41) is 2.85. The lowest BCUT2D eigenvalue weighted by Crippen LogP contribution is -2.41. The van der Waals surface area contributed by atoms with E-state index in [4.69, 9.17) is 9.47 Å². The monoisotopic (exact) mass is 444 g/mol. The minimum absolute atomic E-state index is 0.194. The average Bonchev–Trinajstić information content (AvgIpc) is 2.75. The predicted octanol–water partition coefficient (Wildman–Crippen LogP) is 3.35. The van der Waals surface area contributed by atoms with Crippen molar-refractivity contribution in [3.8, 4) is 11.5 Å². The minimum Gasteiger partial charge on any atom is -0.493 e. The average molecular weight is 445 g/mol. The van der Waals surface area contributed by atoms with Gasteiger partial charge in [0.1, 0.15) is 0 Å². The predicted molar refractivity (Wildman–Crippen MR) is 122 cm³/mol. The Kier molecular flexibility index (Phi) is 6.59. The van der Waals surface area contributed by atoms with Crippen molar-refractivity contribution in [3.63, 3.8) is 0 Å². The van der Waals surface area contributed by atoms with E-state index in [1.54, 1.807) is 19.1 Å². The summed E-state index contributed by atoms with van der Waals surface area (Å²) in [4.78, 5) is 12.8. The molecule has 0 aromatic heterocycles. The van der Waals surface area contributed by atoms with Gasteiger partial charge in [0.25, 0.3) is 15.9 Å². The van der Waals surface area contributed by atoms with Gasteiger partial charge < -0.3 is 14.8 Å². The molecular weight excluding hydrogens is 416 g/mol. The molecule has 1 aliphatic heterocycles. The Morgan fingerprint density at radius 1 is 1.10 bits per heavy atom. The molecule has 0 aliphatic carbocycles. The summed E-state index contributed by atoms with van der Waals surface area (Å²) >= 11 is 0. The second-order valence-corrected chi connectivity index (χ2v) is 9.46. The Hall–Kier alpha value is -3.00. The molecule has 1 amide bonds. The molecule has 166 valence electrons. The number of carbonyl (C=O) groups is 1. The summed E-state index contributed by atoms with van der Waals surface area (Å²) in [6.07, 6.45) is 1.48. The zero-order valence-electron chi connectivity index (χ0n) is 18.4. The highest BCUT2D eigenvalue weighted by molar-refractivity contribution is 7.97. The van der Waals surface area contributed by atoms with Crippen LogP contribution in [0.15, 0.2) is 47.4 Å². The highest BCUT2D eigenvalue weighted by Gasteiger charge is 2.38. The maximum atomic E-state index is 13.2. The van der Waals surface area contributed by atoms with Gasteiger partial charge in [0, 0.05) is 24.7 Å². The summed E-state index contributed by atoms with van der Waals surface area (Å²) in [6.45, 7) is 3.51. The number of methoxy groups -OCH3 is 2. The molecule has 2 aromatic rings. The first-order valence-corrected chi connectivity index (χ1v) is 11.5. The van der Waals surface area contributed by atoms with Crippen LogP contribution in [0.3, 0.4) is 0 Å². The summed E-state index contributed by atoms with van der Waals surface area (Å²) < 4.78 is 38.1.